The molecule has 0 aliphatic heterocycles. The highest BCUT2D eigenvalue weighted by Crippen LogP contribution is 2.16. The molecular weight excluding hydrogens is 322 g/mol. The lowest BCUT2D eigenvalue weighted by molar-refractivity contribution is -0.123. The minimum Gasteiger partial charge on any atom is -0.497 e. The van der Waals surface area contributed by atoms with E-state index in [2.05, 4.69) is 10.1 Å². The third-order valence-electron chi connectivity index (χ3n) is 3.54. The quantitative estimate of drug-likeness (QED) is 0.744. The van der Waals surface area contributed by atoms with E-state index in [1.165, 1.54) is 7.11 Å². The van der Waals surface area contributed by atoms with Crippen LogP contribution in [0.25, 0.3) is 0 Å². The Morgan fingerprint density at radius 3 is 2.16 bits per heavy atom. The Bertz CT molecular complexity index is 695. The van der Waals surface area contributed by atoms with Crippen LogP contribution < -0.4 is 14.8 Å². The largest absolute Gasteiger partial charge is 0.497 e. The maximum Gasteiger partial charge on any atom is 0.337 e. The second-order valence-corrected chi connectivity index (χ2v) is 5.25. The number of esters is 1. The van der Waals surface area contributed by atoms with E-state index in [4.69, 9.17) is 9.47 Å². The molecule has 0 aromatic heterocycles. The summed E-state index contributed by atoms with van der Waals surface area (Å²) in [5.74, 6) is 0.780. The molecule has 0 fully saturated rings. The van der Waals surface area contributed by atoms with Crippen LogP contribution in [0.2, 0.25) is 0 Å². The SMILES string of the molecule is COC(=O)c1ccc(CCNC(=O)COc2ccc(OC)cc2)cc1. The minimum absolute atomic E-state index is 0.0480. The first-order valence-corrected chi connectivity index (χ1v) is 7.83. The van der Waals surface area contributed by atoms with Crippen LogP contribution in [0.3, 0.4) is 0 Å². The molecule has 1 N–H and O–H groups in total. The summed E-state index contributed by atoms with van der Waals surface area (Å²) >= 11 is 0. The van der Waals surface area contributed by atoms with Crippen LogP contribution in [0.5, 0.6) is 11.5 Å². The van der Waals surface area contributed by atoms with Gasteiger partial charge in [0.05, 0.1) is 19.8 Å². The van der Waals surface area contributed by atoms with Gasteiger partial charge in [0.1, 0.15) is 11.5 Å². The second-order valence-electron chi connectivity index (χ2n) is 5.25. The van der Waals surface area contributed by atoms with E-state index in [9.17, 15) is 9.59 Å². The van der Waals surface area contributed by atoms with Gasteiger partial charge in [0.25, 0.3) is 5.91 Å². The van der Waals surface area contributed by atoms with E-state index in [0.29, 0.717) is 24.3 Å². The Labute approximate surface area is 146 Å². The number of carbonyl (C=O) groups excluding carboxylic acids is 2. The molecule has 132 valence electrons. The van der Waals surface area contributed by atoms with Gasteiger partial charge in [-0.15, -0.1) is 0 Å². The summed E-state index contributed by atoms with van der Waals surface area (Å²) in [4.78, 5) is 23.1. The fourth-order valence-electron chi connectivity index (χ4n) is 2.14. The number of hydrogen-bond donors (Lipinski definition) is 1. The van der Waals surface area contributed by atoms with Gasteiger partial charge in [-0.25, -0.2) is 4.79 Å². The van der Waals surface area contributed by atoms with Crippen molar-refractivity contribution in [2.75, 3.05) is 27.4 Å². The number of benzene rings is 2. The van der Waals surface area contributed by atoms with Crippen molar-refractivity contribution in [3.8, 4) is 11.5 Å². The van der Waals surface area contributed by atoms with Crippen LogP contribution in [-0.4, -0.2) is 39.2 Å². The van der Waals surface area contributed by atoms with Gasteiger partial charge >= 0.3 is 5.97 Å². The van der Waals surface area contributed by atoms with Crippen LogP contribution in [0.4, 0.5) is 0 Å². The number of ether oxygens (including phenoxy) is 3. The fourth-order valence-corrected chi connectivity index (χ4v) is 2.14. The molecule has 1 amide bonds. The highest BCUT2D eigenvalue weighted by atomic mass is 16.5. The first kappa shape index (κ1) is 18.3. The molecule has 0 aliphatic rings. The number of nitrogens with one attached hydrogen (secondary N) is 1. The first-order chi connectivity index (χ1) is 12.1. The zero-order valence-electron chi connectivity index (χ0n) is 14.3. The van der Waals surface area contributed by atoms with Crippen molar-refractivity contribution in [2.45, 2.75) is 6.42 Å². The zero-order valence-corrected chi connectivity index (χ0v) is 14.3. The third kappa shape index (κ3) is 5.84. The van der Waals surface area contributed by atoms with Crippen LogP contribution in [0, 0.1) is 0 Å². The van der Waals surface area contributed by atoms with Crippen LogP contribution >= 0.6 is 0 Å². The van der Waals surface area contributed by atoms with Crippen LogP contribution in [0.15, 0.2) is 48.5 Å². The number of amides is 1. The molecule has 0 saturated heterocycles. The summed E-state index contributed by atoms with van der Waals surface area (Å²) in [7, 11) is 2.94. The van der Waals surface area contributed by atoms with Gasteiger partial charge in [-0.1, -0.05) is 12.1 Å². The first-order valence-electron chi connectivity index (χ1n) is 7.83. The number of carbonyl (C=O) groups is 2. The summed E-state index contributed by atoms with van der Waals surface area (Å²) in [6.07, 6.45) is 0.662. The van der Waals surface area contributed by atoms with E-state index in [-0.39, 0.29) is 18.5 Å². The normalized spacial score (nSPS) is 10.0. The lowest BCUT2D eigenvalue weighted by atomic mass is 10.1. The summed E-state index contributed by atoms with van der Waals surface area (Å²) in [6.45, 7) is 0.440. The Morgan fingerprint density at radius 1 is 0.920 bits per heavy atom. The van der Waals surface area contributed by atoms with Crippen LogP contribution in [-0.2, 0) is 16.0 Å². The van der Waals surface area contributed by atoms with Gasteiger partial charge in [-0.05, 0) is 48.4 Å². The zero-order chi connectivity index (χ0) is 18.1. The van der Waals surface area contributed by atoms with E-state index < -0.39 is 0 Å². The van der Waals surface area contributed by atoms with Crippen molar-refractivity contribution in [3.63, 3.8) is 0 Å². The lowest BCUT2D eigenvalue weighted by Crippen LogP contribution is -2.30. The molecule has 0 saturated carbocycles. The minimum atomic E-state index is -0.365. The Hall–Kier alpha value is -3.02. The molecule has 25 heavy (non-hydrogen) atoms. The average molecular weight is 343 g/mol. The summed E-state index contributed by atoms with van der Waals surface area (Å²) in [5.41, 5.74) is 1.52. The second kappa shape index (κ2) is 9.32. The molecule has 2 aromatic carbocycles. The fraction of sp³-hybridized carbons (Fsp3) is 0.263. The molecule has 0 atom stereocenters. The predicted octanol–water partition coefficient (Wildman–Crippen LogP) is 2.22. The molecule has 6 heteroatoms. The van der Waals surface area contributed by atoms with Gasteiger partial charge in [0.2, 0.25) is 0 Å². The standard InChI is InChI=1S/C19H21NO5/c1-23-16-7-9-17(10-8-16)25-13-18(21)20-12-11-14-3-5-15(6-4-14)19(22)24-2/h3-10H,11-13H2,1-2H3,(H,20,21). The maximum absolute atomic E-state index is 11.8. The average Bonchev–Trinajstić information content (AvgIpc) is 2.66. The van der Waals surface area contributed by atoms with Crippen LogP contribution in [0.1, 0.15) is 15.9 Å². The van der Waals surface area contributed by atoms with Gasteiger partial charge in [-0.3, -0.25) is 4.79 Å². The van der Waals surface area contributed by atoms with Crippen molar-refractivity contribution in [1.29, 1.82) is 0 Å². The summed E-state index contributed by atoms with van der Waals surface area (Å²) < 4.78 is 15.1. The van der Waals surface area contributed by atoms with Gasteiger partial charge in [0.15, 0.2) is 6.61 Å². The maximum atomic E-state index is 11.8. The molecule has 6 nitrogen and oxygen atoms in total. The molecule has 0 spiro atoms. The van der Waals surface area contributed by atoms with Crippen molar-refractivity contribution in [2.24, 2.45) is 0 Å². The topological polar surface area (TPSA) is 73.9 Å². The molecule has 0 unspecified atom stereocenters. The Morgan fingerprint density at radius 2 is 1.56 bits per heavy atom. The Kier molecular flexibility index (Phi) is 6.83. The molecule has 0 heterocycles. The predicted molar refractivity (Wildman–Crippen MR) is 93.0 cm³/mol. The Balaban J connectivity index is 1.70. The van der Waals surface area contributed by atoms with Crippen molar-refractivity contribution >= 4 is 11.9 Å². The monoisotopic (exact) mass is 343 g/mol. The van der Waals surface area contributed by atoms with Gasteiger partial charge in [-0.2, -0.15) is 0 Å². The highest BCUT2D eigenvalue weighted by molar-refractivity contribution is 5.89. The summed E-state index contributed by atoms with van der Waals surface area (Å²) in [6, 6.07) is 14.1. The van der Waals surface area contributed by atoms with E-state index >= 15 is 0 Å². The van der Waals surface area contributed by atoms with Crippen molar-refractivity contribution in [1.82, 2.24) is 5.32 Å². The number of methoxy groups -OCH3 is 2. The van der Waals surface area contributed by atoms with E-state index in [1.807, 2.05) is 12.1 Å². The molecule has 0 radical (unpaired) electrons. The van der Waals surface area contributed by atoms with Crippen molar-refractivity contribution in [3.05, 3.63) is 59.7 Å². The molecule has 2 aromatic rings. The van der Waals surface area contributed by atoms with E-state index in [1.54, 1.807) is 43.5 Å². The molecule has 2 rings (SSSR count). The van der Waals surface area contributed by atoms with Gasteiger partial charge < -0.3 is 19.5 Å². The smallest absolute Gasteiger partial charge is 0.337 e. The molecule has 0 bridgehead atoms. The lowest BCUT2D eigenvalue weighted by Gasteiger charge is -2.08. The third-order valence-corrected chi connectivity index (χ3v) is 3.54. The number of hydrogen-bond acceptors (Lipinski definition) is 5. The number of rotatable bonds is 8. The van der Waals surface area contributed by atoms with E-state index in [0.717, 1.165) is 11.3 Å². The van der Waals surface area contributed by atoms with Gasteiger partial charge in [0, 0.05) is 6.54 Å². The highest BCUT2D eigenvalue weighted by Gasteiger charge is 2.05. The molecular formula is C19H21NO5. The molecule has 0 aliphatic carbocycles. The summed E-state index contributed by atoms with van der Waals surface area (Å²) in [5, 5.41) is 2.79. The van der Waals surface area contributed by atoms with Crippen molar-refractivity contribution < 1.29 is 23.8 Å².